The molecule has 4 atom stereocenters. The third kappa shape index (κ3) is 2.51. The first-order chi connectivity index (χ1) is 9.08. The van der Waals surface area contributed by atoms with Gasteiger partial charge in [-0.25, -0.2) is 0 Å². The van der Waals surface area contributed by atoms with Crippen LogP contribution < -0.4 is 0 Å². The summed E-state index contributed by atoms with van der Waals surface area (Å²) in [5.41, 5.74) is 0. The topological polar surface area (TPSA) is 53.0 Å². The van der Waals surface area contributed by atoms with E-state index in [9.17, 15) is 9.90 Å². The highest BCUT2D eigenvalue weighted by molar-refractivity contribution is 5.71. The summed E-state index contributed by atoms with van der Waals surface area (Å²) >= 11 is 0. The van der Waals surface area contributed by atoms with Gasteiger partial charge in [-0.1, -0.05) is 0 Å². The number of ether oxygens (including phenoxy) is 1. The van der Waals surface area contributed by atoms with Gasteiger partial charge >= 0.3 is 5.97 Å². The highest BCUT2D eigenvalue weighted by Crippen LogP contribution is 2.35. The average molecular weight is 268 g/mol. The number of hydrogen-bond acceptors (Lipinski definition) is 4. The van der Waals surface area contributed by atoms with Gasteiger partial charge in [-0.05, 0) is 33.2 Å². The van der Waals surface area contributed by atoms with Gasteiger partial charge in [0.05, 0.1) is 19.1 Å². The smallest absolute Gasteiger partial charge is 0.310 e. The maximum Gasteiger partial charge on any atom is 0.310 e. The summed E-state index contributed by atoms with van der Waals surface area (Å²) in [7, 11) is 2.07. The maximum absolute atomic E-state index is 11.3. The van der Waals surface area contributed by atoms with Crippen molar-refractivity contribution in [2.75, 3.05) is 26.8 Å². The van der Waals surface area contributed by atoms with Crippen molar-refractivity contribution in [1.82, 2.24) is 9.80 Å². The van der Waals surface area contributed by atoms with E-state index in [2.05, 4.69) is 23.8 Å². The van der Waals surface area contributed by atoms with Gasteiger partial charge in [0.1, 0.15) is 0 Å². The number of hydrogen-bond donors (Lipinski definition) is 1. The highest BCUT2D eigenvalue weighted by Gasteiger charge is 2.44. The Kier molecular flexibility index (Phi) is 3.53. The molecule has 0 spiro atoms. The number of carboxylic acids is 1. The Morgan fingerprint density at radius 2 is 2.11 bits per heavy atom. The van der Waals surface area contributed by atoms with E-state index in [1.165, 1.54) is 12.8 Å². The molecular formula is C14H24N2O3. The van der Waals surface area contributed by atoms with Crippen LogP contribution in [0.3, 0.4) is 0 Å². The summed E-state index contributed by atoms with van der Waals surface area (Å²) in [6, 6.07) is 1.94. The van der Waals surface area contributed by atoms with E-state index in [1.54, 1.807) is 0 Å². The first-order valence-corrected chi connectivity index (χ1v) is 7.36. The van der Waals surface area contributed by atoms with Crippen molar-refractivity contribution < 1.29 is 14.6 Å². The fourth-order valence-corrected chi connectivity index (χ4v) is 3.69. The summed E-state index contributed by atoms with van der Waals surface area (Å²) in [4.78, 5) is 16.1. The summed E-state index contributed by atoms with van der Waals surface area (Å²) in [5, 5.41) is 9.26. The molecule has 0 aromatic heterocycles. The normalized spacial score (nSPS) is 40.2. The molecule has 1 N–H and O–H groups in total. The lowest BCUT2D eigenvalue weighted by Crippen LogP contribution is -2.47. The van der Waals surface area contributed by atoms with Crippen LogP contribution in [0.25, 0.3) is 0 Å². The maximum atomic E-state index is 11.3. The van der Waals surface area contributed by atoms with Crippen LogP contribution in [0.1, 0.15) is 26.2 Å². The van der Waals surface area contributed by atoms with Crippen molar-refractivity contribution in [3.8, 4) is 0 Å². The van der Waals surface area contributed by atoms with Crippen molar-refractivity contribution in [2.45, 2.75) is 50.4 Å². The molecule has 19 heavy (non-hydrogen) atoms. The van der Waals surface area contributed by atoms with Crippen LogP contribution in [-0.4, -0.2) is 71.8 Å². The minimum Gasteiger partial charge on any atom is -0.481 e. The van der Waals surface area contributed by atoms with Crippen molar-refractivity contribution in [2.24, 2.45) is 5.92 Å². The van der Waals surface area contributed by atoms with Crippen LogP contribution in [0.5, 0.6) is 0 Å². The number of carboxylic acid groups (broad SMARTS) is 1. The molecule has 2 aliphatic heterocycles. The molecule has 1 saturated carbocycles. The van der Waals surface area contributed by atoms with Crippen LogP contribution in [0.4, 0.5) is 0 Å². The molecule has 2 heterocycles. The van der Waals surface area contributed by atoms with E-state index >= 15 is 0 Å². The number of rotatable bonds is 4. The van der Waals surface area contributed by atoms with Gasteiger partial charge in [0.2, 0.25) is 0 Å². The number of likely N-dealkylation sites (N-methyl/N-ethyl adjacent to an activating group) is 1. The molecule has 108 valence electrons. The number of carbonyl (C=O) groups is 1. The largest absolute Gasteiger partial charge is 0.481 e. The van der Waals surface area contributed by atoms with Crippen LogP contribution in [-0.2, 0) is 9.53 Å². The molecule has 5 heteroatoms. The summed E-state index contributed by atoms with van der Waals surface area (Å²) in [6.45, 7) is 4.30. The Hall–Kier alpha value is -0.650. The fraction of sp³-hybridized carbons (Fsp3) is 0.929. The summed E-state index contributed by atoms with van der Waals surface area (Å²) in [5.74, 6) is -1.09. The zero-order valence-corrected chi connectivity index (χ0v) is 11.8. The first-order valence-electron chi connectivity index (χ1n) is 7.36. The Bertz CT molecular complexity index is 359. The number of aliphatic carboxylic acids is 1. The quantitative estimate of drug-likeness (QED) is 0.811. The SMILES string of the molecule is CC1CC(N(C)C2COCC2C(=O)O)CN1C1CC1. The van der Waals surface area contributed by atoms with Crippen LogP contribution in [0.2, 0.25) is 0 Å². The zero-order valence-electron chi connectivity index (χ0n) is 11.8. The van der Waals surface area contributed by atoms with E-state index in [-0.39, 0.29) is 12.0 Å². The lowest BCUT2D eigenvalue weighted by molar-refractivity contribution is -0.143. The Balaban J connectivity index is 1.63. The van der Waals surface area contributed by atoms with Crippen molar-refractivity contribution in [1.29, 1.82) is 0 Å². The second-order valence-electron chi connectivity index (χ2n) is 6.38. The van der Waals surface area contributed by atoms with Crippen LogP contribution in [0.15, 0.2) is 0 Å². The molecule has 0 aromatic rings. The first kappa shape index (κ1) is 13.3. The van der Waals surface area contributed by atoms with E-state index in [4.69, 9.17) is 4.74 Å². The predicted molar refractivity (Wildman–Crippen MR) is 71.1 cm³/mol. The van der Waals surface area contributed by atoms with Gasteiger partial charge in [-0.2, -0.15) is 0 Å². The van der Waals surface area contributed by atoms with Gasteiger partial charge in [0.15, 0.2) is 0 Å². The van der Waals surface area contributed by atoms with Gasteiger partial charge in [0, 0.05) is 30.7 Å². The zero-order chi connectivity index (χ0) is 13.6. The van der Waals surface area contributed by atoms with E-state index in [0.717, 1.165) is 19.0 Å². The average Bonchev–Trinajstić information content (AvgIpc) is 2.95. The standard InChI is InChI=1S/C14H24N2O3/c1-9-5-11(6-16(9)10-3-4-10)15(2)13-8-19-7-12(13)14(17)18/h9-13H,3-8H2,1-2H3,(H,17,18). The molecule has 3 rings (SSSR count). The third-order valence-electron chi connectivity index (χ3n) is 5.08. The second-order valence-corrected chi connectivity index (χ2v) is 6.38. The fourth-order valence-electron chi connectivity index (χ4n) is 3.69. The van der Waals surface area contributed by atoms with Crippen molar-refractivity contribution in [3.05, 3.63) is 0 Å². The lowest BCUT2D eigenvalue weighted by Gasteiger charge is -2.31. The molecule has 5 nitrogen and oxygen atoms in total. The second kappa shape index (κ2) is 5.04. The van der Waals surface area contributed by atoms with Crippen LogP contribution in [0, 0.1) is 5.92 Å². The molecule has 0 aromatic carbocycles. The molecule has 1 aliphatic carbocycles. The number of nitrogens with zero attached hydrogens (tertiary/aromatic N) is 2. The van der Waals surface area contributed by atoms with E-state index < -0.39 is 5.97 Å². The van der Waals surface area contributed by atoms with Gasteiger partial charge < -0.3 is 9.84 Å². The molecule has 3 aliphatic rings. The Morgan fingerprint density at radius 3 is 2.74 bits per heavy atom. The van der Waals surface area contributed by atoms with Gasteiger partial charge in [-0.15, -0.1) is 0 Å². The van der Waals surface area contributed by atoms with Gasteiger partial charge in [-0.3, -0.25) is 14.6 Å². The van der Waals surface area contributed by atoms with E-state index in [1.807, 2.05) is 0 Å². The molecular weight excluding hydrogens is 244 g/mol. The van der Waals surface area contributed by atoms with Crippen LogP contribution >= 0.6 is 0 Å². The predicted octanol–water partition coefficient (Wildman–Crippen LogP) is 0.643. The monoisotopic (exact) mass is 268 g/mol. The van der Waals surface area contributed by atoms with Gasteiger partial charge in [0.25, 0.3) is 0 Å². The third-order valence-corrected chi connectivity index (χ3v) is 5.08. The molecule has 0 radical (unpaired) electrons. The number of likely N-dealkylation sites (tertiary alicyclic amines) is 1. The molecule has 0 amide bonds. The molecule has 3 fully saturated rings. The minimum atomic E-state index is -0.723. The summed E-state index contributed by atoms with van der Waals surface area (Å²) < 4.78 is 5.39. The summed E-state index contributed by atoms with van der Waals surface area (Å²) in [6.07, 6.45) is 3.83. The Morgan fingerprint density at radius 1 is 1.37 bits per heavy atom. The van der Waals surface area contributed by atoms with E-state index in [0.29, 0.717) is 25.3 Å². The Labute approximate surface area is 114 Å². The lowest BCUT2D eigenvalue weighted by atomic mass is 10.0. The minimum absolute atomic E-state index is 0.0360. The highest BCUT2D eigenvalue weighted by atomic mass is 16.5. The molecule has 4 unspecified atom stereocenters. The van der Waals surface area contributed by atoms with Crippen molar-refractivity contribution >= 4 is 5.97 Å². The van der Waals surface area contributed by atoms with Crippen molar-refractivity contribution in [3.63, 3.8) is 0 Å². The molecule has 2 saturated heterocycles. The molecule has 0 bridgehead atoms.